The lowest BCUT2D eigenvalue weighted by atomic mass is 10.2. The second-order valence-corrected chi connectivity index (χ2v) is 6.13. The molecule has 1 aromatic rings. The summed E-state index contributed by atoms with van der Waals surface area (Å²) in [6.45, 7) is 5.94. The first-order valence-corrected chi connectivity index (χ1v) is 8.20. The number of hydrogen-bond donors (Lipinski definition) is 0. The molecule has 2 fully saturated rings. The first kappa shape index (κ1) is 16.0. The molecule has 0 spiro atoms. The maximum absolute atomic E-state index is 12.1. The Labute approximate surface area is 135 Å². The number of rotatable bonds is 5. The van der Waals surface area contributed by atoms with Crippen LogP contribution in [0.5, 0.6) is 0 Å². The molecule has 7 heteroatoms. The number of likely N-dealkylation sites (tertiary alicyclic amines) is 1. The number of amides is 1. The molecule has 1 amide bonds. The van der Waals surface area contributed by atoms with Crippen molar-refractivity contribution in [2.45, 2.75) is 51.7 Å². The number of ether oxygens (including phenoxy) is 1. The maximum atomic E-state index is 12.1. The summed E-state index contributed by atoms with van der Waals surface area (Å²) in [4.78, 5) is 31.9. The van der Waals surface area contributed by atoms with Gasteiger partial charge < -0.3 is 14.1 Å². The van der Waals surface area contributed by atoms with E-state index in [1.165, 1.54) is 0 Å². The molecule has 2 saturated heterocycles. The molecule has 2 aliphatic rings. The van der Waals surface area contributed by atoms with Gasteiger partial charge in [0.15, 0.2) is 0 Å². The predicted molar refractivity (Wildman–Crippen MR) is 81.4 cm³/mol. The maximum Gasteiger partial charge on any atom is 0.323 e. The van der Waals surface area contributed by atoms with Crippen LogP contribution in [-0.4, -0.2) is 58.4 Å². The molecule has 0 aromatic carbocycles. The molecule has 0 saturated carbocycles. The van der Waals surface area contributed by atoms with E-state index in [-0.39, 0.29) is 24.0 Å². The largest absolute Gasteiger partial charge is 0.464 e. The van der Waals surface area contributed by atoms with Crippen LogP contribution >= 0.6 is 0 Å². The standard InChI is InChI=1S/C16H23N3O4/c1-3-13-8-17-15(23-13)10-19(11(2)20)12-4-6-18(9-12)14-5-7-22-16(14)21/h8,12,14H,3-7,9-10H2,1-2H3/t12-,14+/m1/s1. The number of carbonyl (C=O) groups is 2. The molecule has 3 heterocycles. The predicted octanol–water partition coefficient (Wildman–Crippen LogP) is 0.975. The van der Waals surface area contributed by atoms with Gasteiger partial charge in [0.1, 0.15) is 11.8 Å². The van der Waals surface area contributed by atoms with Crippen LogP contribution in [0.1, 0.15) is 38.3 Å². The van der Waals surface area contributed by atoms with Crippen molar-refractivity contribution in [2.75, 3.05) is 19.7 Å². The Bertz CT molecular complexity index is 586. The molecule has 1 aromatic heterocycles. The van der Waals surface area contributed by atoms with E-state index in [2.05, 4.69) is 9.88 Å². The van der Waals surface area contributed by atoms with Crippen LogP contribution in [-0.2, 0) is 27.3 Å². The van der Waals surface area contributed by atoms with Gasteiger partial charge in [-0.15, -0.1) is 0 Å². The molecule has 2 aliphatic heterocycles. The van der Waals surface area contributed by atoms with Crippen LogP contribution in [0.4, 0.5) is 0 Å². The van der Waals surface area contributed by atoms with Gasteiger partial charge in [-0.05, 0) is 6.42 Å². The van der Waals surface area contributed by atoms with E-state index in [1.807, 2.05) is 6.92 Å². The molecule has 0 radical (unpaired) electrons. The third-order valence-corrected chi connectivity index (χ3v) is 4.64. The second-order valence-electron chi connectivity index (χ2n) is 6.13. The zero-order valence-electron chi connectivity index (χ0n) is 13.7. The van der Waals surface area contributed by atoms with Gasteiger partial charge in [0, 0.05) is 38.9 Å². The molecule has 0 aliphatic carbocycles. The van der Waals surface area contributed by atoms with Crippen molar-refractivity contribution in [3.63, 3.8) is 0 Å². The summed E-state index contributed by atoms with van der Waals surface area (Å²) >= 11 is 0. The van der Waals surface area contributed by atoms with Gasteiger partial charge in [0.2, 0.25) is 11.8 Å². The molecular formula is C16H23N3O4. The third-order valence-electron chi connectivity index (χ3n) is 4.64. The summed E-state index contributed by atoms with van der Waals surface area (Å²) < 4.78 is 10.7. The average Bonchev–Trinajstić information content (AvgIpc) is 3.24. The number of aromatic nitrogens is 1. The summed E-state index contributed by atoms with van der Waals surface area (Å²) in [6, 6.07) is -0.0693. The van der Waals surface area contributed by atoms with E-state index in [4.69, 9.17) is 9.15 Å². The van der Waals surface area contributed by atoms with E-state index in [9.17, 15) is 9.59 Å². The minimum Gasteiger partial charge on any atom is -0.464 e. The number of oxazole rings is 1. The van der Waals surface area contributed by atoms with Gasteiger partial charge in [0.25, 0.3) is 0 Å². The summed E-state index contributed by atoms with van der Waals surface area (Å²) in [5.74, 6) is 1.25. The van der Waals surface area contributed by atoms with Crippen LogP contribution < -0.4 is 0 Å². The highest BCUT2D eigenvalue weighted by atomic mass is 16.5. The lowest BCUT2D eigenvalue weighted by molar-refractivity contribution is -0.142. The van der Waals surface area contributed by atoms with Gasteiger partial charge in [-0.25, -0.2) is 4.98 Å². The van der Waals surface area contributed by atoms with E-state index >= 15 is 0 Å². The summed E-state index contributed by atoms with van der Waals surface area (Å²) in [6.07, 6.45) is 4.09. The average molecular weight is 321 g/mol. The second kappa shape index (κ2) is 6.70. The van der Waals surface area contributed by atoms with Crippen molar-refractivity contribution < 1.29 is 18.7 Å². The number of esters is 1. The molecule has 0 N–H and O–H groups in total. The summed E-state index contributed by atoms with van der Waals surface area (Å²) in [5, 5.41) is 0. The topological polar surface area (TPSA) is 75.9 Å². The van der Waals surface area contributed by atoms with Crippen molar-refractivity contribution >= 4 is 11.9 Å². The Hall–Kier alpha value is -1.89. The Morgan fingerprint density at radius 1 is 1.48 bits per heavy atom. The van der Waals surface area contributed by atoms with E-state index in [0.717, 1.165) is 31.6 Å². The zero-order chi connectivity index (χ0) is 16.4. The Morgan fingerprint density at radius 3 is 2.91 bits per heavy atom. The molecular weight excluding hydrogens is 298 g/mol. The van der Waals surface area contributed by atoms with Crippen LogP contribution in [0.25, 0.3) is 0 Å². The Balaban J connectivity index is 1.65. The fraction of sp³-hybridized carbons (Fsp3) is 0.688. The van der Waals surface area contributed by atoms with Crippen molar-refractivity contribution in [1.29, 1.82) is 0 Å². The van der Waals surface area contributed by atoms with Crippen molar-refractivity contribution in [3.8, 4) is 0 Å². The molecule has 0 bridgehead atoms. The van der Waals surface area contributed by atoms with Gasteiger partial charge in [-0.1, -0.05) is 6.92 Å². The number of cyclic esters (lactones) is 1. The first-order chi connectivity index (χ1) is 11.1. The lowest BCUT2D eigenvalue weighted by Crippen LogP contribution is -2.43. The number of aryl methyl sites for hydroxylation is 1. The van der Waals surface area contributed by atoms with Crippen molar-refractivity contribution in [3.05, 3.63) is 17.8 Å². The number of hydrogen-bond acceptors (Lipinski definition) is 6. The highest BCUT2D eigenvalue weighted by molar-refractivity contribution is 5.77. The van der Waals surface area contributed by atoms with Crippen molar-refractivity contribution in [2.24, 2.45) is 0 Å². The van der Waals surface area contributed by atoms with Gasteiger partial charge in [-0.2, -0.15) is 0 Å². The molecule has 3 rings (SSSR count). The van der Waals surface area contributed by atoms with E-state index in [1.54, 1.807) is 18.0 Å². The Kier molecular flexibility index (Phi) is 4.66. The van der Waals surface area contributed by atoms with Gasteiger partial charge >= 0.3 is 5.97 Å². The monoisotopic (exact) mass is 321 g/mol. The highest BCUT2D eigenvalue weighted by Gasteiger charge is 2.39. The lowest BCUT2D eigenvalue weighted by Gasteiger charge is -2.27. The van der Waals surface area contributed by atoms with E-state index < -0.39 is 0 Å². The Morgan fingerprint density at radius 2 is 2.30 bits per heavy atom. The van der Waals surface area contributed by atoms with E-state index in [0.29, 0.717) is 25.6 Å². The summed E-state index contributed by atoms with van der Waals surface area (Å²) in [7, 11) is 0. The molecule has 23 heavy (non-hydrogen) atoms. The molecule has 7 nitrogen and oxygen atoms in total. The van der Waals surface area contributed by atoms with Gasteiger partial charge in [-0.3, -0.25) is 14.5 Å². The minimum absolute atomic E-state index is 0.00194. The van der Waals surface area contributed by atoms with Crippen LogP contribution in [0.3, 0.4) is 0 Å². The van der Waals surface area contributed by atoms with Crippen LogP contribution in [0.2, 0.25) is 0 Å². The normalized spacial score (nSPS) is 24.9. The summed E-state index contributed by atoms with van der Waals surface area (Å²) in [5.41, 5.74) is 0. The number of carbonyl (C=O) groups excluding carboxylic acids is 2. The van der Waals surface area contributed by atoms with Gasteiger partial charge in [0.05, 0.1) is 19.3 Å². The highest BCUT2D eigenvalue weighted by Crippen LogP contribution is 2.24. The number of nitrogens with zero attached hydrogens (tertiary/aromatic N) is 3. The third kappa shape index (κ3) is 3.39. The molecule has 126 valence electrons. The van der Waals surface area contributed by atoms with Crippen LogP contribution in [0.15, 0.2) is 10.6 Å². The SMILES string of the molecule is CCc1cnc(CN(C(C)=O)[C@@H]2CCN([C@H]3CCOC3=O)C2)o1. The zero-order valence-corrected chi connectivity index (χ0v) is 13.7. The first-order valence-electron chi connectivity index (χ1n) is 8.20. The fourth-order valence-electron chi connectivity index (χ4n) is 3.35. The minimum atomic E-state index is -0.151. The quantitative estimate of drug-likeness (QED) is 0.752. The molecule has 2 atom stereocenters. The smallest absolute Gasteiger partial charge is 0.323 e. The van der Waals surface area contributed by atoms with Crippen LogP contribution in [0, 0.1) is 0 Å². The molecule has 0 unspecified atom stereocenters. The fourth-order valence-corrected chi connectivity index (χ4v) is 3.35. The van der Waals surface area contributed by atoms with Crippen molar-refractivity contribution in [1.82, 2.24) is 14.8 Å².